The third-order valence-corrected chi connectivity index (χ3v) is 3.82. The van der Waals surface area contributed by atoms with E-state index in [2.05, 4.69) is 15.3 Å². The summed E-state index contributed by atoms with van der Waals surface area (Å²) in [7, 11) is 1.54. The van der Waals surface area contributed by atoms with Gasteiger partial charge < -0.3 is 15.0 Å². The first-order valence-corrected chi connectivity index (χ1v) is 7.05. The molecule has 0 unspecified atom stereocenters. The average Bonchev–Trinajstić information content (AvgIpc) is 2.98. The lowest BCUT2D eigenvalue weighted by atomic mass is 10.1. The Labute approximate surface area is 132 Å². The van der Waals surface area contributed by atoms with E-state index in [9.17, 15) is 4.79 Å². The zero-order valence-electron chi connectivity index (χ0n) is 12.1. The van der Waals surface area contributed by atoms with Crippen molar-refractivity contribution in [3.8, 4) is 5.75 Å². The number of nitrogens with zero attached hydrogens (tertiary/aromatic N) is 1. The van der Waals surface area contributed by atoms with Gasteiger partial charge in [-0.3, -0.25) is 4.79 Å². The lowest BCUT2D eigenvalue weighted by Crippen LogP contribution is -2.12. The van der Waals surface area contributed by atoms with Gasteiger partial charge in [0.25, 0.3) is 5.91 Å². The third-order valence-electron chi connectivity index (χ3n) is 3.41. The molecule has 3 rings (SSSR count). The molecule has 0 bridgehead atoms. The van der Waals surface area contributed by atoms with E-state index in [4.69, 9.17) is 16.3 Å². The monoisotopic (exact) mass is 315 g/mol. The van der Waals surface area contributed by atoms with Crippen LogP contribution in [0, 0.1) is 6.92 Å². The summed E-state index contributed by atoms with van der Waals surface area (Å²) < 4.78 is 5.26. The zero-order valence-corrected chi connectivity index (χ0v) is 12.9. The number of aryl methyl sites for hydroxylation is 1. The van der Waals surface area contributed by atoms with E-state index in [0.717, 1.165) is 16.6 Å². The van der Waals surface area contributed by atoms with Gasteiger partial charge in [-0.05, 0) is 36.8 Å². The van der Waals surface area contributed by atoms with Gasteiger partial charge in [0.05, 0.1) is 30.2 Å². The minimum absolute atomic E-state index is 0.225. The summed E-state index contributed by atoms with van der Waals surface area (Å²) in [5.41, 5.74) is 3.61. The van der Waals surface area contributed by atoms with Crippen LogP contribution < -0.4 is 10.1 Å². The molecule has 0 atom stereocenters. The Morgan fingerprint density at radius 3 is 2.91 bits per heavy atom. The highest BCUT2D eigenvalue weighted by Gasteiger charge is 2.12. The van der Waals surface area contributed by atoms with Crippen LogP contribution in [0.1, 0.15) is 15.9 Å². The van der Waals surface area contributed by atoms with Crippen molar-refractivity contribution in [2.75, 3.05) is 12.4 Å². The molecule has 2 aromatic carbocycles. The zero-order chi connectivity index (χ0) is 15.7. The van der Waals surface area contributed by atoms with Crippen LogP contribution in [-0.2, 0) is 0 Å². The quantitative estimate of drug-likeness (QED) is 0.773. The SMILES string of the molecule is COc1cc(Cl)c(C)cc1NC(=O)c1ccc2nc[nH]c2c1. The number of carbonyl (C=O) groups excluding carboxylic acids is 1. The summed E-state index contributed by atoms with van der Waals surface area (Å²) in [5.74, 6) is 0.295. The van der Waals surface area contributed by atoms with Crippen LogP contribution in [0.15, 0.2) is 36.7 Å². The summed E-state index contributed by atoms with van der Waals surface area (Å²) >= 11 is 6.07. The number of methoxy groups -OCH3 is 1. The summed E-state index contributed by atoms with van der Waals surface area (Å²) in [4.78, 5) is 19.5. The van der Waals surface area contributed by atoms with Gasteiger partial charge in [0.2, 0.25) is 0 Å². The summed E-state index contributed by atoms with van der Waals surface area (Å²) in [5, 5.41) is 3.44. The number of anilines is 1. The van der Waals surface area contributed by atoms with E-state index in [0.29, 0.717) is 22.0 Å². The summed E-state index contributed by atoms with van der Waals surface area (Å²) in [6.45, 7) is 1.87. The second kappa shape index (κ2) is 5.69. The van der Waals surface area contributed by atoms with Gasteiger partial charge in [0.1, 0.15) is 5.75 Å². The first-order valence-electron chi connectivity index (χ1n) is 6.67. The van der Waals surface area contributed by atoms with Gasteiger partial charge in [0, 0.05) is 16.7 Å². The van der Waals surface area contributed by atoms with Crippen molar-refractivity contribution in [3.63, 3.8) is 0 Å². The predicted molar refractivity (Wildman–Crippen MR) is 86.8 cm³/mol. The van der Waals surface area contributed by atoms with Gasteiger partial charge in [-0.2, -0.15) is 0 Å². The van der Waals surface area contributed by atoms with E-state index in [1.165, 1.54) is 7.11 Å². The molecule has 112 valence electrons. The molecule has 0 aliphatic heterocycles. The number of nitrogens with one attached hydrogen (secondary N) is 2. The number of carbonyl (C=O) groups is 1. The Morgan fingerprint density at radius 1 is 1.32 bits per heavy atom. The van der Waals surface area contributed by atoms with Crippen molar-refractivity contribution >= 4 is 34.2 Å². The van der Waals surface area contributed by atoms with Crippen molar-refractivity contribution in [1.82, 2.24) is 9.97 Å². The van der Waals surface area contributed by atoms with E-state index < -0.39 is 0 Å². The maximum Gasteiger partial charge on any atom is 0.255 e. The molecule has 6 heteroatoms. The van der Waals surface area contributed by atoms with Crippen molar-refractivity contribution in [2.24, 2.45) is 0 Å². The number of imidazole rings is 1. The van der Waals surface area contributed by atoms with Crippen LogP contribution in [0.4, 0.5) is 5.69 Å². The molecule has 0 radical (unpaired) electrons. The standard InChI is InChI=1S/C16H14ClN3O2/c1-9-5-14(15(22-2)7-11(9)17)20-16(21)10-3-4-12-13(6-10)19-8-18-12/h3-8H,1-2H3,(H,18,19)(H,20,21). The molecule has 1 heterocycles. The Balaban J connectivity index is 1.92. The molecule has 22 heavy (non-hydrogen) atoms. The third kappa shape index (κ3) is 2.63. The Hall–Kier alpha value is -2.53. The van der Waals surface area contributed by atoms with Gasteiger partial charge in [-0.15, -0.1) is 0 Å². The first-order chi connectivity index (χ1) is 10.6. The molecular formula is C16H14ClN3O2. The number of ether oxygens (including phenoxy) is 1. The number of rotatable bonds is 3. The highest BCUT2D eigenvalue weighted by Crippen LogP contribution is 2.31. The van der Waals surface area contributed by atoms with Crippen molar-refractivity contribution in [2.45, 2.75) is 6.92 Å². The second-order valence-corrected chi connectivity index (χ2v) is 5.30. The Bertz CT molecular complexity index is 858. The molecule has 2 N–H and O–H groups in total. The molecule has 3 aromatic rings. The number of halogens is 1. The van der Waals surface area contributed by atoms with Crippen molar-refractivity contribution in [3.05, 3.63) is 52.8 Å². The van der Waals surface area contributed by atoms with E-state index in [1.54, 1.807) is 36.7 Å². The van der Waals surface area contributed by atoms with Crippen molar-refractivity contribution < 1.29 is 9.53 Å². The molecular weight excluding hydrogens is 302 g/mol. The van der Waals surface area contributed by atoms with Crippen LogP contribution in [0.2, 0.25) is 5.02 Å². The number of amides is 1. The smallest absolute Gasteiger partial charge is 0.255 e. The van der Waals surface area contributed by atoms with E-state index in [1.807, 2.05) is 6.92 Å². The maximum atomic E-state index is 12.4. The molecule has 0 saturated carbocycles. The highest BCUT2D eigenvalue weighted by atomic mass is 35.5. The van der Waals surface area contributed by atoms with Crippen LogP contribution in [0.5, 0.6) is 5.75 Å². The van der Waals surface area contributed by atoms with Crippen LogP contribution in [0.25, 0.3) is 11.0 Å². The predicted octanol–water partition coefficient (Wildman–Crippen LogP) is 3.79. The Kier molecular flexibility index (Phi) is 3.73. The summed E-state index contributed by atoms with van der Waals surface area (Å²) in [6.07, 6.45) is 1.60. The van der Waals surface area contributed by atoms with Crippen LogP contribution >= 0.6 is 11.6 Å². The van der Waals surface area contributed by atoms with Crippen molar-refractivity contribution in [1.29, 1.82) is 0 Å². The normalized spacial score (nSPS) is 10.7. The highest BCUT2D eigenvalue weighted by molar-refractivity contribution is 6.31. The number of hydrogen-bond donors (Lipinski definition) is 2. The number of aromatic nitrogens is 2. The number of aromatic amines is 1. The lowest BCUT2D eigenvalue weighted by molar-refractivity contribution is 0.102. The number of H-pyrrole nitrogens is 1. The molecule has 0 spiro atoms. The van der Waals surface area contributed by atoms with Gasteiger partial charge in [-0.25, -0.2) is 4.98 Å². The largest absolute Gasteiger partial charge is 0.495 e. The molecule has 1 amide bonds. The molecule has 5 nitrogen and oxygen atoms in total. The molecule has 1 aromatic heterocycles. The molecule has 0 aliphatic rings. The minimum Gasteiger partial charge on any atom is -0.495 e. The fraction of sp³-hybridized carbons (Fsp3) is 0.125. The summed E-state index contributed by atoms with van der Waals surface area (Å²) in [6, 6.07) is 8.75. The maximum absolute atomic E-state index is 12.4. The number of hydrogen-bond acceptors (Lipinski definition) is 3. The van der Waals surface area contributed by atoms with Gasteiger partial charge in [0.15, 0.2) is 0 Å². The molecule has 0 fully saturated rings. The second-order valence-electron chi connectivity index (χ2n) is 4.89. The lowest BCUT2D eigenvalue weighted by Gasteiger charge is -2.12. The first kappa shape index (κ1) is 14.4. The van der Waals surface area contributed by atoms with E-state index in [-0.39, 0.29) is 5.91 Å². The number of benzene rings is 2. The molecule has 0 saturated heterocycles. The van der Waals surface area contributed by atoms with Crippen LogP contribution in [0.3, 0.4) is 0 Å². The van der Waals surface area contributed by atoms with Crippen LogP contribution in [-0.4, -0.2) is 23.0 Å². The molecule has 0 aliphatic carbocycles. The van der Waals surface area contributed by atoms with Gasteiger partial charge in [-0.1, -0.05) is 11.6 Å². The fourth-order valence-corrected chi connectivity index (χ4v) is 2.35. The van der Waals surface area contributed by atoms with E-state index >= 15 is 0 Å². The fourth-order valence-electron chi connectivity index (χ4n) is 2.20. The Morgan fingerprint density at radius 2 is 2.14 bits per heavy atom. The minimum atomic E-state index is -0.225. The number of fused-ring (bicyclic) bond motifs is 1. The van der Waals surface area contributed by atoms with Gasteiger partial charge >= 0.3 is 0 Å². The topological polar surface area (TPSA) is 67.0 Å². The average molecular weight is 316 g/mol.